The second-order valence-corrected chi connectivity index (χ2v) is 8.77. The summed E-state index contributed by atoms with van der Waals surface area (Å²) in [6, 6.07) is 11.6. The zero-order valence-corrected chi connectivity index (χ0v) is 19.4. The van der Waals surface area contributed by atoms with E-state index in [9.17, 15) is 9.59 Å². The minimum Gasteiger partial charge on any atom is -0.383 e. The smallest absolute Gasteiger partial charge is 0.315 e. The summed E-state index contributed by atoms with van der Waals surface area (Å²) in [4.78, 5) is 35.5. The molecule has 10 nitrogen and oxygen atoms in total. The number of benzene rings is 1. The highest BCUT2D eigenvalue weighted by Crippen LogP contribution is 2.19. The topological polar surface area (TPSA) is 124 Å². The number of hydrogen-bond acceptors (Lipinski definition) is 6. The van der Waals surface area contributed by atoms with Crippen LogP contribution in [0.4, 0.5) is 10.5 Å². The van der Waals surface area contributed by atoms with Crippen molar-refractivity contribution >= 4 is 22.8 Å². The Morgan fingerprint density at radius 3 is 2.83 bits per heavy atom. The molecular weight excluding hydrogens is 444 g/mol. The number of primary amides is 1. The summed E-state index contributed by atoms with van der Waals surface area (Å²) >= 11 is 0. The van der Waals surface area contributed by atoms with Crippen LogP contribution in [0.15, 0.2) is 66.1 Å². The quantitative estimate of drug-likeness (QED) is 0.426. The molecule has 0 aliphatic carbocycles. The third kappa shape index (κ3) is 4.86. The average Bonchev–Trinajstić information content (AvgIpc) is 3.32. The molecule has 1 fully saturated rings. The number of fused-ring (bicyclic) bond motifs is 1. The molecule has 5 rings (SSSR count). The van der Waals surface area contributed by atoms with Gasteiger partial charge in [-0.3, -0.25) is 14.3 Å². The van der Waals surface area contributed by atoms with Crippen LogP contribution in [-0.2, 0) is 13.0 Å². The number of rotatable bonds is 7. The molecule has 4 heterocycles. The highest BCUT2D eigenvalue weighted by atomic mass is 16.2. The summed E-state index contributed by atoms with van der Waals surface area (Å²) in [5.74, 6) is 0. The molecule has 0 saturated carbocycles. The van der Waals surface area contributed by atoms with E-state index in [0.717, 1.165) is 37.9 Å². The van der Waals surface area contributed by atoms with Gasteiger partial charge in [-0.1, -0.05) is 30.3 Å². The van der Waals surface area contributed by atoms with Gasteiger partial charge in [-0.15, -0.1) is 0 Å². The highest BCUT2D eigenvalue weighted by molar-refractivity contribution is 5.75. The molecule has 180 valence electrons. The molecule has 1 aliphatic heterocycles. The number of piperidine rings is 1. The molecule has 3 N–H and O–H groups in total. The van der Waals surface area contributed by atoms with Crippen LogP contribution in [0.2, 0.25) is 0 Å². The van der Waals surface area contributed by atoms with Crippen LogP contribution in [0.3, 0.4) is 0 Å². The molecule has 35 heavy (non-hydrogen) atoms. The van der Waals surface area contributed by atoms with E-state index < -0.39 is 6.03 Å². The van der Waals surface area contributed by atoms with Crippen LogP contribution >= 0.6 is 0 Å². The van der Waals surface area contributed by atoms with Crippen LogP contribution in [0.25, 0.3) is 16.7 Å². The Morgan fingerprint density at radius 2 is 2.00 bits per heavy atom. The third-order valence-electron chi connectivity index (χ3n) is 6.43. The molecule has 1 atom stereocenters. The number of carbonyl (C=O) groups is 1. The zero-order valence-electron chi connectivity index (χ0n) is 19.4. The Labute approximate surface area is 202 Å². The van der Waals surface area contributed by atoms with Gasteiger partial charge in [0.15, 0.2) is 5.65 Å². The minimum absolute atomic E-state index is 0.115. The van der Waals surface area contributed by atoms with Crippen LogP contribution < -0.4 is 16.6 Å². The first-order valence-electron chi connectivity index (χ1n) is 11.8. The maximum absolute atomic E-state index is 13.2. The number of amides is 2. The van der Waals surface area contributed by atoms with Crippen molar-refractivity contribution in [1.29, 1.82) is 0 Å². The van der Waals surface area contributed by atoms with E-state index in [4.69, 9.17) is 5.73 Å². The highest BCUT2D eigenvalue weighted by Gasteiger charge is 2.26. The molecule has 0 bridgehead atoms. The first kappa shape index (κ1) is 22.6. The summed E-state index contributed by atoms with van der Waals surface area (Å²) in [6.45, 7) is 1.74. The van der Waals surface area contributed by atoms with Crippen LogP contribution in [0.1, 0.15) is 24.8 Å². The van der Waals surface area contributed by atoms with E-state index in [1.165, 1.54) is 18.1 Å². The Hall–Kier alpha value is -4.21. The molecule has 3 aromatic heterocycles. The lowest BCUT2D eigenvalue weighted by atomic mass is 10.0. The lowest BCUT2D eigenvalue weighted by Crippen LogP contribution is -2.49. The fourth-order valence-corrected chi connectivity index (χ4v) is 4.61. The molecule has 0 spiro atoms. The number of urea groups is 1. The maximum atomic E-state index is 13.2. The minimum atomic E-state index is -0.450. The molecule has 2 amide bonds. The van der Waals surface area contributed by atoms with Crippen molar-refractivity contribution in [1.82, 2.24) is 29.2 Å². The van der Waals surface area contributed by atoms with Gasteiger partial charge in [0.25, 0.3) is 5.56 Å². The Morgan fingerprint density at radius 1 is 1.14 bits per heavy atom. The first-order chi connectivity index (χ1) is 17.1. The normalized spacial score (nSPS) is 15.9. The third-order valence-corrected chi connectivity index (χ3v) is 6.43. The van der Waals surface area contributed by atoms with Gasteiger partial charge in [0.05, 0.1) is 36.0 Å². The number of carbonyl (C=O) groups excluding carboxylic acids is 1. The summed E-state index contributed by atoms with van der Waals surface area (Å²) in [7, 11) is 0. The molecule has 1 unspecified atom stereocenters. The van der Waals surface area contributed by atoms with Crippen LogP contribution in [-0.4, -0.2) is 54.4 Å². The predicted molar refractivity (Wildman–Crippen MR) is 133 cm³/mol. The molecule has 4 aromatic rings. The SMILES string of the molecule is NC(=O)N1CCCCC1Cn1cnc2c(cnn2-c2cncc(NCCc3ccccc3)c2)c1=O. The van der Waals surface area contributed by atoms with Crippen LogP contribution in [0.5, 0.6) is 0 Å². The number of nitrogens with zero attached hydrogens (tertiary/aromatic N) is 6. The Bertz CT molecular complexity index is 1380. The molecule has 1 aliphatic rings. The molecule has 1 saturated heterocycles. The number of aromatic nitrogens is 5. The predicted octanol–water partition coefficient (Wildman–Crippen LogP) is 2.56. The van der Waals surface area contributed by atoms with E-state index in [1.807, 2.05) is 24.3 Å². The van der Waals surface area contributed by atoms with E-state index >= 15 is 0 Å². The van der Waals surface area contributed by atoms with Crippen LogP contribution in [0, 0.1) is 0 Å². The Kier molecular flexibility index (Phi) is 6.42. The molecular formula is C25H28N8O2. The van der Waals surface area contributed by atoms with Crippen molar-refractivity contribution in [2.45, 2.75) is 38.3 Å². The van der Waals surface area contributed by atoms with Crippen molar-refractivity contribution in [2.75, 3.05) is 18.4 Å². The fraction of sp³-hybridized carbons (Fsp3) is 0.320. The summed E-state index contributed by atoms with van der Waals surface area (Å²) in [5, 5.41) is 8.22. The molecule has 1 aromatic carbocycles. The fourth-order valence-electron chi connectivity index (χ4n) is 4.61. The summed E-state index contributed by atoms with van der Waals surface area (Å²) in [5.41, 5.74) is 8.64. The monoisotopic (exact) mass is 472 g/mol. The average molecular weight is 473 g/mol. The first-order valence-corrected chi connectivity index (χ1v) is 11.8. The lowest BCUT2D eigenvalue weighted by molar-refractivity contribution is 0.149. The van der Waals surface area contributed by atoms with Gasteiger partial charge in [-0.25, -0.2) is 14.5 Å². The van der Waals surface area contributed by atoms with Crippen molar-refractivity contribution in [3.63, 3.8) is 0 Å². The van der Waals surface area contributed by atoms with Gasteiger partial charge >= 0.3 is 6.03 Å². The lowest BCUT2D eigenvalue weighted by Gasteiger charge is -2.34. The summed E-state index contributed by atoms with van der Waals surface area (Å²) < 4.78 is 3.16. The van der Waals surface area contributed by atoms with Gasteiger partial charge in [0.2, 0.25) is 0 Å². The second kappa shape index (κ2) is 9.96. The van der Waals surface area contributed by atoms with Gasteiger partial charge in [-0.2, -0.15) is 5.10 Å². The van der Waals surface area contributed by atoms with Crippen molar-refractivity contribution < 1.29 is 4.79 Å². The molecule has 10 heteroatoms. The maximum Gasteiger partial charge on any atom is 0.315 e. The standard InChI is InChI=1S/C25H28N8O2/c26-25(35)32-11-5-4-8-20(32)16-31-17-29-23-22(24(31)34)15-30-33(23)21-12-19(13-27-14-21)28-10-9-18-6-2-1-3-7-18/h1-3,6-7,12-15,17,20,28H,4-5,8-11,16H2,(H2,26,35). The number of hydrogen-bond donors (Lipinski definition) is 2. The van der Waals surface area contributed by atoms with E-state index in [0.29, 0.717) is 29.8 Å². The van der Waals surface area contributed by atoms with Gasteiger partial charge in [0, 0.05) is 19.6 Å². The number of pyridine rings is 1. The number of nitrogens with one attached hydrogen (secondary N) is 1. The second-order valence-electron chi connectivity index (χ2n) is 8.77. The molecule has 0 radical (unpaired) electrons. The largest absolute Gasteiger partial charge is 0.383 e. The van der Waals surface area contributed by atoms with Gasteiger partial charge < -0.3 is 16.0 Å². The van der Waals surface area contributed by atoms with E-state index in [2.05, 4.69) is 32.5 Å². The van der Waals surface area contributed by atoms with Gasteiger partial charge in [0.1, 0.15) is 11.7 Å². The number of likely N-dealkylation sites (tertiary alicyclic amines) is 1. The van der Waals surface area contributed by atoms with Gasteiger partial charge in [-0.05, 0) is 37.3 Å². The summed E-state index contributed by atoms with van der Waals surface area (Å²) in [6.07, 6.45) is 10.1. The van der Waals surface area contributed by atoms with E-state index in [1.54, 1.807) is 26.5 Å². The van der Waals surface area contributed by atoms with Crippen molar-refractivity contribution in [3.05, 3.63) is 77.2 Å². The van der Waals surface area contributed by atoms with Crippen molar-refractivity contribution in [3.8, 4) is 5.69 Å². The number of nitrogens with two attached hydrogens (primary N) is 1. The zero-order chi connectivity index (χ0) is 24.2. The van der Waals surface area contributed by atoms with Crippen molar-refractivity contribution in [2.24, 2.45) is 5.73 Å². The van der Waals surface area contributed by atoms with E-state index in [-0.39, 0.29) is 11.6 Å². The Balaban J connectivity index is 1.34. The number of anilines is 1.